The molecule has 0 radical (unpaired) electrons. The fourth-order valence-electron chi connectivity index (χ4n) is 1.16. The van der Waals surface area contributed by atoms with E-state index < -0.39 is 16.5 Å². The van der Waals surface area contributed by atoms with Gasteiger partial charge in [-0.25, -0.2) is 4.79 Å². The molecule has 0 fully saturated rings. The van der Waals surface area contributed by atoms with Crippen molar-refractivity contribution in [1.29, 1.82) is 0 Å². The Bertz CT molecular complexity index is 428. The van der Waals surface area contributed by atoms with Crippen LogP contribution in [0.15, 0.2) is 24.3 Å². The molecule has 0 saturated carbocycles. The molecule has 0 unspecified atom stereocenters. The summed E-state index contributed by atoms with van der Waals surface area (Å²) in [6.07, 6.45) is 0.291. The molecule has 0 aliphatic carbocycles. The predicted octanol–water partition coefficient (Wildman–Crippen LogP) is 2.23. The van der Waals surface area contributed by atoms with Crippen molar-refractivity contribution in [2.24, 2.45) is 0 Å². The summed E-state index contributed by atoms with van der Waals surface area (Å²) in [5, 5.41) is 19.4. The van der Waals surface area contributed by atoms with Gasteiger partial charge in [-0.2, -0.15) is 0 Å². The van der Waals surface area contributed by atoms with Crippen LogP contribution in [-0.4, -0.2) is 21.6 Å². The number of hydrogen-bond donors (Lipinski definition) is 1. The monoisotopic (exact) mass is 239 g/mol. The van der Waals surface area contributed by atoms with E-state index in [1.165, 1.54) is 31.2 Å². The minimum Gasteiger partial charge on any atom is -0.478 e. The normalized spacial score (nSPS) is 13.8. The van der Waals surface area contributed by atoms with E-state index in [4.69, 9.17) is 9.84 Å². The van der Waals surface area contributed by atoms with Crippen molar-refractivity contribution < 1.29 is 19.6 Å². The van der Waals surface area contributed by atoms with E-state index in [0.29, 0.717) is 12.2 Å². The Morgan fingerprint density at radius 1 is 1.47 bits per heavy atom. The van der Waals surface area contributed by atoms with Gasteiger partial charge in [0.05, 0.1) is 4.92 Å². The van der Waals surface area contributed by atoms with Crippen molar-refractivity contribution in [3.05, 3.63) is 34.4 Å². The summed E-state index contributed by atoms with van der Waals surface area (Å²) >= 11 is 0. The number of rotatable bonds is 5. The first-order chi connectivity index (χ1) is 7.89. The van der Waals surface area contributed by atoms with Crippen LogP contribution in [0.3, 0.4) is 0 Å². The van der Waals surface area contributed by atoms with Crippen LogP contribution < -0.4 is 4.74 Å². The topological polar surface area (TPSA) is 89.7 Å². The summed E-state index contributed by atoms with van der Waals surface area (Å²) in [6, 6.07) is 5.31. The third-order valence-corrected chi connectivity index (χ3v) is 2.52. The van der Waals surface area contributed by atoms with E-state index >= 15 is 0 Å². The van der Waals surface area contributed by atoms with Crippen LogP contribution in [0.5, 0.6) is 5.75 Å². The summed E-state index contributed by atoms with van der Waals surface area (Å²) in [5.74, 6) is -0.777. The number of nitro groups is 1. The van der Waals surface area contributed by atoms with Crippen molar-refractivity contribution in [3.8, 4) is 5.75 Å². The van der Waals surface area contributed by atoms with E-state index in [1.54, 1.807) is 6.92 Å². The molecule has 0 heterocycles. The van der Waals surface area contributed by atoms with E-state index in [9.17, 15) is 14.9 Å². The number of nitrogens with zero attached hydrogens (tertiary/aromatic N) is 1. The first-order valence-corrected chi connectivity index (χ1v) is 5.06. The number of benzene rings is 1. The molecule has 0 aliphatic heterocycles. The van der Waals surface area contributed by atoms with Gasteiger partial charge in [-0.15, -0.1) is 0 Å². The summed E-state index contributed by atoms with van der Waals surface area (Å²) in [4.78, 5) is 20.9. The van der Waals surface area contributed by atoms with Crippen LogP contribution in [0, 0.1) is 10.1 Å². The van der Waals surface area contributed by atoms with Crippen molar-refractivity contribution >= 4 is 11.7 Å². The van der Waals surface area contributed by atoms with Crippen LogP contribution in [0.25, 0.3) is 0 Å². The Kier molecular flexibility index (Phi) is 3.67. The molecule has 0 spiro atoms. The van der Waals surface area contributed by atoms with Gasteiger partial charge in [-0.05, 0) is 25.5 Å². The highest BCUT2D eigenvalue weighted by molar-refractivity contribution is 5.77. The molecule has 1 atom stereocenters. The maximum Gasteiger partial charge on any atom is 0.347 e. The van der Waals surface area contributed by atoms with Crippen LogP contribution in [0.1, 0.15) is 20.3 Å². The quantitative estimate of drug-likeness (QED) is 0.628. The lowest BCUT2D eigenvalue weighted by molar-refractivity contribution is -0.384. The van der Waals surface area contributed by atoms with Gasteiger partial charge in [0.25, 0.3) is 5.69 Å². The van der Waals surface area contributed by atoms with E-state index in [2.05, 4.69) is 0 Å². The molecule has 0 aromatic heterocycles. The zero-order valence-electron chi connectivity index (χ0n) is 9.54. The number of nitro benzene ring substituents is 1. The molecule has 0 aliphatic rings. The highest BCUT2D eigenvalue weighted by atomic mass is 16.6. The number of carboxylic acids is 1. The van der Waals surface area contributed by atoms with Crippen LogP contribution in [0.2, 0.25) is 0 Å². The molecule has 1 N–H and O–H groups in total. The SMILES string of the molecule is CC[C@@](C)(Oc1ccc([N+](=O)[O-])cc1)C(=O)O. The highest BCUT2D eigenvalue weighted by Crippen LogP contribution is 2.23. The van der Waals surface area contributed by atoms with Gasteiger partial charge < -0.3 is 9.84 Å². The minimum atomic E-state index is -1.32. The molecule has 0 saturated heterocycles. The number of aliphatic carboxylic acids is 1. The third-order valence-electron chi connectivity index (χ3n) is 2.52. The van der Waals surface area contributed by atoms with Gasteiger partial charge in [0, 0.05) is 12.1 Å². The summed E-state index contributed by atoms with van der Waals surface area (Å²) in [5.41, 5.74) is -1.39. The summed E-state index contributed by atoms with van der Waals surface area (Å²) < 4.78 is 5.33. The molecular formula is C11H13NO5. The zero-order chi connectivity index (χ0) is 13.1. The molecule has 0 bridgehead atoms. The predicted molar refractivity (Wildman–Crippen MR) is 60.1 cm³/mol. The lowest BCUT2D eigenvalue weighted by atomic mass is 10.0. The van der Waals surface area contributed by atoms with Crippen LogP contribution in [-0.2, 0) is 4.79 Å². The Balaban J connectivity index is 2.88. The van der Waals surface area contributed by atoms with Gasteiger partial charge in [-0.1, -0.05) is 6.92 Å². The zero-order valence-corrected chi connectivity index (χ0v) is 9.54. The summed E-state index contributed by atoms with van der Waals surface area (Å²) in [7, 11) is 0. The Morgan fingerprint density at radius 2 is 2.00 bits per heavy atom. The number of carboxylic acid groups (broad SMARTS) is 1. The molecule has 1 rings (SSSR count). The summed E-state index contributed by atoms with van der Waals surface area (Å²) in [6.45, 7) is 3.15. The van der Waals surface area contributed by atoms with Crippen molar-refractivity contribution in [2.75, 3.05) is 0 Å². The van der Waals surface area contributed by atoms with E-state index in [-0.39, 0.29) is 5.69 Å². The molecule has 0 amide bonds. The Hall–Kier alpha value is -2.11. The maximum atomic E-state index is 11.0. The highest BCUT2D eigenvalue weighted by Gasteiger charge is 2.33. The Morgan fingerprint density at radius 3 is 2.35 bits per heavy atom. The second kappa shape index (κ2) is 4.82. The Labute approximate surface area is 98.0 Å². The van der Waals surface area contributed by atoms with Gasteiger partial charge in [0.2, 0.25) is 5.60 Å². The number of non-ortho nitro benzene ring substituents is 1. The molecule has 1 aromatic carbocycles. The van der Waals surface area contributed by atoms with Crippen molar-refractivity contribution in [2.45, 2.75) is 25.9 Å². The fraction of sp³-hybridized carbons (Fsp3) is 0.364. The second-order valence-electron chi connectivity index (χ2n) is 3.74. The molecule has 1 aromatic rings. The van der Waals surface area contributed by atoms with Gasteiger partial charge in [-0.3, -0.25) is 10.1 Å². The van der Waals surface area contributed by atoms with Crippen LogP contribution in [0.4, 0.5) is 5.69 Å². The first-order valence-electron chi connectivity index (χ1n) is 5.06. The number of carbonyl (C=O) groups is 1. The molecular weight excluding hydrogens is 226 g/mol. The molecule has 92 valence electrons. The average Bonchev–Trinajstić information content (AvgIpc) is 2.29. The van der Waals surface area contributed by atoms with Crippen molar-refractivity contribution in [3.63, 3.8) is 0 Å². The number of hydrogen-bond acceptors (Lipinski definition) is 4. The average molecular weight is 239 g/mol. The minimum absolute atomic E-state index is 0.0640. The lowest BCUT2D eigenvalue weighted by Gasteiger charge is -2.24. The molecule has 17 heavy (non-hydrogen) atoms. The fourth-order valence-corrected chi connectivity index (χ4v) is 1.16. The van der Waals surface area contributed by atoms with Gasteiger partial charge >= 0.3 is 5.97 Å². The van der Waals surface area contributed by atoms with Gasteiger partial charge in [0.1, 0.15) is 5.75 Å². The van der Waals surface area contributed by atoms with E-state index in [0.717, 1.165) is 0 Å². The van der Waals surface area contributed by atoms with E-state index in [1.807, 2.05) is 0 Å². The lowest BCUT2D eigenvalue weighted by Crippen LogP contribution is -2.40. The van der Waals surface area contributed by atoms with Crippen LogP contribution >= 0.6 is 0 Å². The maximum absolute atomic E-state index is 11.0. The molecule has 6 heteroatoms. The smallest absolute Gasteiger partial charge is 0.347 e. The second-order valence-corrected chi connectivity index (χ2v) is 3.74. The largest absolute Gasteiger partial charge is 0.478 e. The van der Waals surface area contributed by atoms with Crippen molar-refractivity contribution in [1.82, 2.24) is 0 Å². The molecule has 6 nitrogen and oxygen atoms in total. The van der Waals surface area contributed by atoms with Gasteiger partial charge in [0.15, 0.2) is 0 Å². The number of ether oxygens (including phenoxy) is 1. The third kappa shape index (κ3) is 2.93. The first kappa shape index (κ1) is 13.0. The standard InChI is InChI=1S/C11H13NO5/c1-3-11(2,10(13)14)17-9-6-4-8(5-7-9)12(15)16/h4-7H,3H2,1-2H3,(H,13,14)/t11-/m1/s1.